The number of hydrogen-bond donors (Lipinski definition) is 1. The molecule has 0 spiro atoms. The molecule has 18 heavy (non-hydrogen) atoms. The highest BCUT2D eigenvalue weighted by molar-refractivity contribution is 7.89. The lowest BCUT2D eigenvalue weighted by atomic mass is 10.1. The van der Waals surface area contributed by atoms with Crippen molar-refractivity contribution in [3.63, 3.8) is 0 Å². The Balaban J connectivity index is 2.20. The van der Waals surface area contributed by atoms with Crippen LogP contribution in [0.5, 0.6) is 0 Å². The molecular formula is C12H17ClN2O2S. The fourth-order valence-electron chi connectivity index (χ4n) is 2.18. The van der Waals surface area contributed by atoms with Crippen molar-refractivity contribution in [3.8, 4) is 0 Å². The average molecular weight is 289 g/mol. The van der Waals surface area contributed by atoms with E-state index in [0.717, 1.165) is 12.8 Å². The van der Waals surface area contributed by atoms with Crippen molar-refractivity contribution in [2.24, 2.45) is 0 Å². The van der Waals surface area contributed by atoms with Gasteiger partial charge in [-0.15, -0.1) is 0 Å². The Morgan fingerprint density at radius 1 is 1.28 bits per heavy atom. The molecule has 4 nitrogen and oxygen atoms in total. The molecule has 6 heteroatoms. The smallest absolute Gasteiger partial charge is 0.244 e. The maximum atomic E-state index is 12.4. The third kappa shape index (κ3) is 2.69. The predicted molar refractivity (Wildman–Crippen MR) is 72.3 cm³/mol. The second-order valence-corrected chi connectivity index (χ2v) is 6.71. The van der Waals surface area contributed by atoms with Crippen LogP contribution in [-0.2, 0) is 10.0 Å². The van der Waals surface area contributed by atoms with Crippen molar-refractivity contribution in [2.75, 3.05) is 20.1 Å². The Morgan fingerprint density at radius 3 is 2.44 bits per heavy atom. The van der Waals surface area contributed by atoms with Gasteiger partial charge in [-0.1, -0.05) is 23.7 Å². The zero-order valence-electron chi connectivity index (χ0n) is 10.3. The van der Waals surface area contributed by atoms with Gasteiger partial charge < -0.3 is 5.32 Å². The van der Waals surface area contributed by atoms with Crippen molar-refractivity contribution in [2.45, 2.75) is 23.8 Å². The molecule has 0 aliphatic carbocycles. The molecule has 1 aliphatic heterocycles. The third-order valence-electron chi connectivity index (χ3n) is 3.32. The van der Waals surface area contributed by atoms with Crippen LogP contribution in [0, 0.1) is 0 Å². The lowest BCUT2D eigenvalue weighted by Crippen LogP contribution is -2.43. The van der Waals surface area contributed by atoms with Gasteiger partial charge in [0, 0.05) is 19.1 Å². The van der Waals surface area contributed by atoms with Crippen LogP contribution in [0.15, 0.2) is 29.2 Å². The first-order chi connectivity index (χ1) is 8.55. The summed E-state index contributed by atoms with van der Waals surface area (Å²) in [5.41, 5.74) is 0. The minimum absolute atomic E-state index is 0.203. The molecule has 0 atom stereocenters. The quantitative estimate of drug-likeness (QED) is 0.921. The SMILES string of the molecule is CNC1CCN(S(=O)(=O)c2ccccc2Cl)CC1. The van der Waals surface area contributed by atoms with E-state index in [9.17, 15) is 8.42 Å². The molecule has 1 aromatic rings. The number of halogens is 1. The number of benzene rings is 1. The van der Waals surface area contributed by atoms with E-state index in [1.165, 1.54) is 4.31 Å². The molecule has 1 aromatic carbocycles. The van der Waals surface area contributed by atoms with Gasteiger partial charge in [-0.2, -0.15) is 4.31 Å². The third-order valence-corrected chi connectivity index (χ3v) is 5.72. The van der Waals surface area contributed by atoms with Gasteiger partial charge in [0.25, 0.3) is 0 Å². The molecule has 2 rings (SSSR count). The van der Waals surface area contributed by atoms with Crippen LogP contribution in [0.3, 0.4) is 0 Å². The van der Waals surface area contributed by atoms with Gasteiger partial charge in [-0.05, 0) is 32.0 Å². The van der Waals surface area contributed by atoms with Gasteiger partial charge in [0.1, 0.15) is 4.90 Å². The number of rotatable bonds is 3. The summed E-state index contributed by atoms with van der Waals surface area (Å²) in [6.45, 7) is 1.08. The van der Waals surface area contributed by atoms with E-state index in [1.54, 1.807) is 24.3 Å². The molecule has 0 aromatic heterocycles. The van der Waals surface area contributed by atoms with E-state index in [4.69, 9.17) is 11.6 Å². The Bertz CT molecular complexity index is 511. The first kappa shape index (κ1) is 13.8. The van der Waals surface area contributed by atoms with Gasteiger partial charge >= 0.3 is 0 Å². The van der Waals surface area contributed by atoms with Crippen LogP contribution < -0.4 is 5.32 Å². The summed E-state index contributed by atoms with van der Waals surface area (Å²) >= 11 is 5.97. The van der Waals surface area contributed by atoms with E-state index >= 15 is 0 Å². The van der Waals surface area contributed by atoms with Gasteiger partial charge in [-0.25, -0.2) is 8.42 Å². The molecule has 1 saturated heterocycles. The number of hydrogen-bond acceptors (Lipinski definition) is 3. The van der Waals surface area contributed by atoms with Crippen molar-refractivity contribution < 1.29 is 8.42 Å². The summed E-state index contributed by atoms with van der Waals surface area (Å²) in [6, 6.07) is 6.99. The second kappa shape index (κ2) is 5.57. The summed E-state index contributed by atoms with van der Waals surface area (Å²) in [5.74, 6) is 0. The molecule has 0 unspecified atom stereocenters. The van der Waals surface area contributed by atoms with Crippen LogP contribution >= 0.6 is 11.6 Å². The van der Waals surface area contributed by atoms with Crippen LogP contribution in [-0.4, -0.2) is 38.9 Å². The highest BCUT2D eigenvalue weighted by Gasteiger charge is 2.30. The highest BCUT2D eigenvalue weighted by Crippen LogP contribution is 2.26. The topological polar surface area (TPSA) is 49.4 Å². The molecule has 1 fully saturated rings. The molecule has 0 radical (unpaired) electrons. The Morgan fingerprint density at radius 2 is 1.89 bits per heavy atom. The molecule has 1 aliphatic rings. The van der Waals surface area contributed by atoms with Gasteiger partial charge in [0.2, 0.25) is 10.0 Å². The Labute approximate surface area is 113 Å². The zero-order chi connectivity index (χ0) is 13.2. The molecule has 0 bridgehead atoms. The number of nitrogens with zero attached hydrogens (tertiary/aromatic N) is 1. The number of nitrogens with one attached hydrogen (secondary N) is 1. The molecular weight excluding hydrogens is 272 g/mol. The fourth-order valence-corrected chi connectivity index (χ4v) is 4.14. The van der Waals surface area contributed by atoms with Crippen LogP contribution in [0.4, 0.5) is 0 Å². The van der Waals surface area contributed by atoms with Crippen molar-refractivity contribution in [1.82, 2.24) is 9.62 Å². The van der Waals surface area contributed by atoms with E-state index in [2.05, 4.69) is 5.32 Å². The maximum Gasteiger partial charge on any atom is 0.244 e. The predicted octanol–water partition coefficient (Wildman–Crippen LogP) is 1.71. The first-order valence-electron chi connectivity index (χ1n) is 5.97. The van der Waals surface area contributed by atoms with Gasteiger partial charge in [0.05, 0.1) is 5.02 Å². The molecule has 1 N–H and O–H groups in total. The summed E-state index contributed by atoms with van der Waals surface area (Å²) < 4.78 is 26.4. The largest absolute Gasteiger partial charge is 0.317 e. The highest BCUT2D eigenvalue weighted by atomic mass is 35.5. The van der Waals surface area contributed by atoms with E-state index in [1.807, 2.05) is 7.05 Å². The van der Waals surface area contributed by atoms with Crippen LogP contribution in [0.25, 0.3) is 0 Å². The second-order valence-electron chi connectivity index (χ2n) is 4.40. The number of sulfonamides is 1. The van der Waals surface area contributed by atoms with E-state index in [-0.39, 0.29) is 9.92 Å². The van der Waals surface area contributed by atoms with Crippen LogP contribution in [0.1, 0.15) is 12.8 Å². The normalized spacial score (nSPS) is 19.0. The fraction of sp³-hybridized carbons (Fsp3) is 0.500. The summed E-state index contributed by atoms with van der Waals surface area (Å²) in [5, 5.41) is 3.46. The first-order valence-corrected chi connectivity index (χ1v) is 7.79. The molecule has 100 valence electrons. The van der Waals surface area contributed by atoms with E-state index in [0.29, 0.717) is 19.1 Å². The monoisotopic (exact) mass is 288 g/mol. The van der Waals surface area contributed by atoms with Crippen molar-refractivity contribution in [1.29, 1.82) is 0 Å². The molecule has 0 saturated carbocycles. The van der Waals surface area contributed by atoms with Gasteiger partial charge in [-0.3, -0.25) is 0 Å². The maximum absolute atomic E-state index is 12.4. The summed E-state index contributed by atoms with van der Waals surface area (Å²) in [7, 11) is -1.55. The zero-order valence-corrected chi connectivity index (χ0v) is 11.8. The van der Waals surface area contributed by atoms with Crippen molar-refractivity contribution >= 4 is 21.6 Å². The minimum Gasteiger partial charge on any atom is -0.317 e. The lowest BCUT2D eigenvalue weighted by Gasteiger charge is -2.31. The Kier molecular flexibility index (Phi) is 4.27. The summed E-state index contributed by atoms with van der Waals surface area (Å²) in [4.78, 5) is 0.203. The Hall–Kier alpha value is -0.620. The standard InChI is InChI=1S/C12H17ClN2O2S/c1-14-10-6-8-15(9-7-10)18(16,17)12-5-3-2-4-11(12)13/h2-5,10,14H,6-9H2,1H3. The van der Waals surface area contributed by atoms with Gasteiger partial charge in [0.15, 0.2) is 0 Å². The van der Waals surface area contributed by atoms with E-state index < -0.39 is 10.0 Å². The minimum atomic E-state index is -3.45. The van der Waals surface area contributed by atoms with Crippen LogP contribution in [0.2, 0.25) is 5.02 Å². The molecule has 0 amide bonds. The molecule has 1 heterocycles. The lowest BCUT2D eigenvalue weighted by molar-refractivity contribution is 0.298. The number of piperidine rings is 1. The summed E-state index contributed by atoms with van der Waals surface area (Å²) in [6.07, 6.45) is 1.67. The average Bonchev–Trinajstić information content (AvgIpc) is 2.39. The van der Waals surface area contributed by atoms with Crippen molar-refractivity contribution in [3.05, 3.63) is 29.3 Å².